The minimum absolute atomic E-state index is 0.236. The minimum atomic E-state index is -4.25. The first-order chi connectivity index (χ1) is 7.26. The average molecular weight is 257 g/mol. The minimum Gasteiger partial charge on any atom is -0.396 e. The largest absolute Gasteiger partial charge is 0.396 e. The normalized spacial score (nSPS) is 40.9. The maximum absolute atomic E-state index is 10.7. The first kappa shape index (κ1) is 13.8. The molecular weight excluding hydrogens is 242 g/mol. The highest BCUT2D eigenvalue weighted by molar-refractivity contribution is 7.84. The maximum atomic E-state index is 10.7. The van der Waals surface area contributed by atoms with Crippen LogP contribution >= 0.6 is 0 Å². The van der Waals surface area contributed by atoms with Crippen LogP contribution in [0.5, 0.6) is 0 Å². The Balaban J connectivity index is 2.83. The first-order valence-corrected chi connectivity index (χ1v) is 6.09. The lowest BCUT2D eigenvalue weighted by Gasteiger charge is -2.39. The summed E-state index contributed by atoms with van der Waals surface area (Å²) in [6, 6.07) is 0. The highest BCUT2D eigenvalue weighted by Crippen LogP contribution is 2.28. The Kier molecular flexibility index (Phi) is 4.23. The van der Waals surface area contributed by atoms with Gasteiger partial charge in [-0.3, -0.25) is 4.18 Å². The summed E-state index contributed by atoms with van der Waals surface area (Å²) < 4.78 is 25.8. The zero-order chi connectivity index (χ0) is 12.5. The number of aliphatic hydroxyl groups is 4. The number of aliphatic hydroxyl groups excluding tert-OH is 4. The maximum Gasteiger partial charge on any atom is 0.333 e. The molecule has 0 amide bonds. The van der Waals surface area contributed by atoms with Crippen LogP contribution in [0, 0.1) is 5.92 Å². The molecule has 96 valence electrons. The third kappa shape index (κ3) is 3.10. The predicted octanol–water partition coefficient (Wildman–Crippen LogP) is -3.33. The summed E-state index contributed by atoms with van der Waals surface area (Å²) in [4.78, 5) is 0. The predicted molar refractivity (Wildman–Crippen MR) is 51.2 cm³/mol. The molecule has 16 heavy (non-hydrogen) atoms. The van der Waals surface area contributed by atoms with Crippen molar-refractivity contribution < 1.29 is 33.0 Å². The van der Waals surface area contributed by atoms with Crippen molar-refractivity contribution in [2.75, 3.05) is 6.61 Å². The van der Waals surface area contributed by atoms with E-state index in [4.69, 9.17) is 5.11 Å². The lowest BCUT2D eigenvalue weighted by Crippen LogP contribution is -2.55. The van der Waals surface area contributed by atoms with E-state index in [0.717, 1.165) is 0 Å². The number of nitrogens with two attached hydrogens (primary N) is 1. The number of hydrogen-bond acceptors (Lipinski definition) is 7. The third-order valence-corrected chi connectivity index (χ3v) is 3.12. The number of hydrogen-bond donors (Lipinski definition) is 5. The molecule has 0 aliphatic heterocycles. The molecule has 0 heterocycles. The fourth-order valence-corrected chi connectivity index (χ4v) is 2.33. The molecule has 0 saturated heterocycles. The van der Waals surface area contributed by atoms with Gasteiger partial charge in [0.2, 0.25) is 0 Å². The van der Waals surface area contributed by atoms with Gasteiger partial charge < -0.3 is 20.4 Å². The molecule has 0 radical (unpaired) electrons. The highest BCUT2D eigenvalue weighted by Gasteiger charge is 2.44. The molecule has 0 unspecified atom stereocenters. The smallest absolute Gasteiger partial charge is 0.333 e. The second-order valence-electron chi connectivity index (χ2n) is 3.76. The first-order valence-electron chi connectivity index (χ1n) is 4.62. The van der Waals surface area contributed by atoms with Gasteiger partial charge in [-0.15, -0.1) is 0 Å². The fraction of sp³-hybridized carbons (Fsp3) is 1.00. The van der Waals surface area contributed by atoms with E-state index in [1.165, 1.54) is 0 Å². The zero-order valence-electron chi connectivity index (χ0n) is 8.30. The van der Waals surface area contributed by atoms with Crippen LogP contribution in [0.3, 0.4) is 0 Å². The molecule has 0 bridgehead atoms. The summed E-state index contributed by atoms with van der Waals surface area (Å²) in [6.07, 6.45) is -5.64. The van der Waals surface area contributed by atoms with E-state index < -0.39 is 47.2 Å². The quantitative estimate of drug-likeness (QED) is 0.355. The molecule has 1 saturated carbocycles. The third-order valence-electron chi connectivity index (χ3n) is 2.60. The standard InChI is InChI=1S/C7H15NO7S/c8-16(13,14)15-5-1-4(10)7(12)6(11)3(5)2-9/h3-7,9-12H,1-2H2,(H2,8,13,14)/t3-,4-,5+,6-,7+/m0/s1. The molecule has 0 aromatic carbocycles. The molecule has 6 N–H and O–H groups in total. The van der Waals surface area contributed by atoms with Crippen LogP contribution in [-0.4, -0.2) is 59.9 Å². The van der Waals surface area contributed by atoms with Gasteiger partial charge in [-0.05, 0) is 0 Å². The molecule has 5 atom stereocenters. The lowest BCUT2D eigenvalue weighted by atomic mass is 9.81. The summed E-state index contributed by atoms with van der Waals surface area (Å²) in [5.41, 5.74) is 0. The second-order valence-corrected chi connectivity index (χ2v) is 4.94. The Morgan fingerprint density at radius 2 is 1.81 bits per heavy atom. The van der Waals surface area contributed by atoms with Crippen LogP contribution in [-0.2, 0) is 14.5 Å². The van der Waals surface area contributed by atoms with E-state index in [1.807, 2.05) is 0 Å². The van der Waals surface area contributed by atoms with Gasteiger partial charge in [0.25, 0.3) is 0 Å². The van der Waals surface area contributed by atoms with Gasteiger partial charge in [0, 0.05) is 12.3 Å². The van der Waals surface area contributed by atoms with E-state index in [-0.39, 0.29) is 6.42 Å². The fourth-order valence-electron chi connectivity index (χ4n) is 1.76. The molecule has 1 aliphatic rings. The van der Waals surface area contributed by atoms with Crippen molar-refractivity contribution in [3.63, 3.8) is 0 Å². The Morgan fingerprint density at radius 3 is 2.25 bits per heavy atom. The summed E-state index contributed by atoms with van der Waals surface area (Å²) >= 11 is 0. The van der Waals surface area contributed by atoms with E-state index in [2.05, 4.69) is 9.32 Å². The lowest BCUT2D eigenvalue weighted by molar-refractivity contribution is -0.151. The second kappa shape index (κ2) is 4.92. The van der Waals surface area contributed by atoms with Crippen LogP contribution in [0.2, 0.25) is 0 Å². The molecular formula is C7H15NO7S. The van der Waals surface area contributed by atoms with E-state index in [9.17, 15) is 23.7 Å². The van der Waals surface area contributed by atoms with Gasteiger partial charge in [-0.1, -0.05) is 0 Å². The summed E-state index contributed by atoms with van der Waals surface area (Å²) in [7, 11) is -4.25. The molecule has 1 fully saturated rings. The summed E-state index contributed by atoms with van der Waals surface area (Å²) in [6.45, 7) is -0.592. The topological polar surface area (TPSA) is 150 Å². The number of rotatable bonds is 3. The van der Waals surface area contributed by atoms with Crippen molar-refractivity contribution in [2.24, 2.45) is 11.1 Å². The highest BCUT2D eigenvalue weighted by atomic mass is 32.2. The van der Waals surface area contributed by atoms with Crippen molar-refractivity contribution in [2.45, 2.75) is 30.8 Å². The van der Waals surface area contributed by atoms with E-state index >= 15 is 0 Å². The van der Waals surface area contributed by atoms with Crippen molar-refractivity contribution in [3.05, 3.63) is 0 Å². The zero-order valence-corrected chi connectivity index (χ0v) is 9.12. The van der Waals surface area contributed by atoms with Gasteiger partial charge >= 0.3 is 10.3 Å². The molecule has 1 rings (SSSR count). The molecule has 1 aliphatic carbocycles. The molecule has 0 aromatic heterocycles. The monoisotopic (exact) mass is 257 g/mol. The van der Waals surface area contributed by atoms with Gasteiger partial charge in [0.15, 0.2) is 0 Å². The van der Waals surface area contributed by atoms with Crippen molar-refractivity contribution in [1.29, 1.82) is 0 Å². The molecule has 0 spiro atoms. The average Bonchev–Trinajstić information content (AvgIpc) is 2.12. The van der Waals surface area contributed by atoms with Crippen LogP contribution in [0.1, 0.15) is 6.42 Å². The van der Waals surface area contributed by atoms with Crippen molar-refractivity contribution in [3.8, 4) is 0 Å². The van der Waals surface area contributed by atoms with E-state index in [0.29, 0.717) is 0 Å². The van der Waals surface area contributed by atoms with Crippen LogP contribution in [0.4, 0.5) is 0 Å². The van der Waals surface area contributed by atoms with Gasteiger partial charge in [0.05, 0.1) is 24.9 Å². The van der Waals surface area contributed by atoms with Crippen LogP contribution in [0.15, 0.2) is 0 Å². The van der Waals surface area contributed by atoms with Crippen LogP contribution in [0.25, 0.3) is 0 Å². The van der Waals surface area contributed by atoms with Crippen molar-refractivity contribution in [1.82, 2.24) is 0 Å². The van der Waals surface area contributed by atoms with Gasteiger partial charge in [0.1, 0.15) is 6.10 Å². The molecule has 8 nitrogen and oxygen atoms in total. The Bertz CT molecular complexity index is 332. The summed E-state index contributed by atoms with van der Waals surface area (Å²) in [5.74, 6) is -1.02. The SMILES string of the molecule is NS(=O)(=O)O[C@@H]1C[C@H](O)[C@@H](O)[C@@H](O)[C@H]1CO. The van der Waals surface area contributed by atoms with Gasteiger partial charge in [-0.25, -0.2) is 5.14 Å². The van der Waals surface area contributed by atoms with Crippen LogP contribution < -0.4 is 5.14 Å². The molecule has 0 aromatic rings. The Labute approximate surface area is 92.5 Å². The Morgan fingerprint density at radius 1 is 1.25 bits per heavy atom. The Hall–Kier alpha value is -0.290. The molecule has 9 heteroatoms. The summed E-state index contributed by atoms with van der Waals surface area (Å²) in [5, 5.41) is 41.7. The van der Waals surface area contributed by atoms with Crippen molar-refractivity contribution >= 4 is 10.3 Å². The van der Waals surface area contributed by atoms with E-state index in [1.54, 1.807) is 0 Å². The van der Waals surface area contributed by atoms with Gasteiger partial charge in [-0.2, -0.15) is 8.42 Å².